The number of aromatic nitrogens is 3. The van der Waals surface area contributed by atoms with Gasteiger partial charge in [-0.15, -0.1) is 5.10 Å². The summed E-state index contributed by atoms with van der Waals surface area (Å²) in [7, 11) is 0. The van der Waals surface area contributed by atoms with E-state index in [1.807, 2.05) is 0 Å². The molecule has 110 valence electrons. The lowest BCUT2D eigenvalue weighted by molar-refractivity contribution is 0.0992. The average molecular weight is 292 g/mol. The number of benzene rings is 1. The molecule has 1 aromatic carbocycles. The van der Waals surface area contributed by atoms with Crippen LogP contribution in [0.1, 0.15) is 20.8 Å². The van der Waals surface area contributed by atoms with Gasteiger partial charge in [0.1, 0.15) is 5.82 Å². The number of carbonyl (C=O) groups excluding carboxylic acids is 2. The highest BCUT2D eigenvalue weighted by Gasteiger charge is 2.13. The van der Waals surface area contributed by atoms with E-state index in [-0.39, 0.29) is 16.9 Å². The summed E-state index contributed by atoms with van der Waals surface area (Å²) in [5, 5.41) is 9.88. The summed E-state index contributed by atoms with van der Waals surface area (Å²) in [5.41, 5.74) is 10.4. The van der Waals surface area contributed by atoms with E-state index in [9.17, 15) is 14.0 Å². The molecule has 0 saturated heterocycles. The maximum atomic E-state index is 13.3. The summed E-state index contributed by atoms with van der Waals surface area (Å²) in [6.07, 6.45) is 1.43. The average Bonchev–Trinajstić information content (AvgIpc) is 2.90. The van der Waals surface area contributed by atoms with Crippen molar-refractivity contribution in [1.82, 2.24) is 15.0 Å². The lowest BCUT2D eigenvalue weighted by Crippen LogP contribution is -2.16. The van der Waals surface area contributed by atoms with Crippen LogP contribution in [0.2, 0.25) is 0 Å². The Morgan fingerprint density at radius 1 is 1.38 bits per heavy atom. The highest BCUT2D eigenvalue weighted by molar-refractivity contribution is 6.03. The van der Waals surface area contributed by atoms with Gasteiger partial charge in [0.15, 0.2) is 5.69 Å². The number of amides is 2. The van der Waals surface area contributed by atoms with Gasteiger partial charge >= 0.3 is 0 Å². The van der Waals surface area contributed by atoms with Gasteiger partial charge in [0.05, 0.1) is 18.3 Å². The van der Waals surface area contributed by atoms with Crippen molar-refractivity contribution >= 4 is 17.5 Å². The van der Waals surface area contributed by atoms with Gasteiger partial charge in [-0.05, 0) is 18.2 Å². The van der Waals surface area contributed by atoms with E-state index in [2.05, 4.69) is 15.6 Å². The van der Waals surface area contributed by atoms with Crippen molar-refractivity contribution in [1.29, 1.82) is 0 Å². The van der Waals surface area contributed by atoms with E-state index in [4.69, 9.17) is 11.5 Å². The van der Waals surface area contributed by atoms with E-state index < -0.39 is 17.6 Å². The molecule has 21 heavy (non-hydrogen) atoms. The van der Waals surface area contributed by atoms with E-state index in [0.29, 0.717) is 13.1 Å². The molecule has 0 atom stereocenters. The van der Waals surface area contributed by atoms with Crippen molar-refractivity contribution < 1.29 is 14.0 Å². The van der Waals surface area contributed by atoms with Gasteiger partial charge in [-0.1, -0.05) is 5.21 Å². The predicted octanol–water partition coefficient (Wildman–Crippen LogP) is -0.273. The maximum absolute atomic E-state index is 13.3. The Kier molecular flexibility index (Phi) is 4.24. The highest BCUT2D eigenvalue weighted by atomic mass is 19.1. The lowest BCUT2D eigenvalue weighted by atomic mass is 10.1. The monoisotopic (exact) mass is 292 g/mol. The molecular formula is C12H13FN6O2. The van der Waals surface area contributed by atoms with Crippen molar-refractivity contribution in [2.24, 2.45) is 11.5 Å². The maximum Gasteiger partial charge on any atom is 0.277 e. The third kappa shape index (κ3) is 3.39. The number of hydrogen-bond donors (Lipinski definition) is 3. The molecule has 0 radical (unpaired) electrons. The lowest BCUT2D eigenvalue weighted by Gasteiger charge is -2.05. The van der Waals surface area contributed by atoms with Gasteiger partial charge in [-0.3, -0.25) is 14.3 Å². The highest BCUT2D eigenvalue weighted by Crippen LogP contribution is 2.15. The summed E-state index contributed by atoms with van der Waals surface area (Å²) in [5.74, 6) is -2.22. The first-order valence-corrected chi connectivity index (χ1v) is 6.02. The zero-order valence-electron chi connectivity index (χ0n) is 10.9. The molecule has 0 aliphatic rings. The van der Waals surface area contributed by atoms with E-state index in [0.717, 1.165) is 12.1 Å². The van der Waals surface area contributed by atoms with Gasteiger partial charge in [-0.25, -0.2) is 4.39 Å². The molecule has 0 aliphatic heterocycles. The third-order valence-electron chi connectivity index (χ3n) is 2.62. The van der Waals surface area contributed by atoms with Gasteiger partial charge in [0, 0.05) is 12.2 Å². The Balaban J connectivity index is 2.15. The van der Waals surface area contributed by atoms with E-state index >= 15 is 0 Å². The second-order valence-electron chi connectivity index (χ2n) is 4.17. The van der Waals surface area contributed by atoms with Crippen LogP contribution >= 0.6 is 0 Å². The van der Waals surface area contributed by atoms with Crippen LogP contribution in [0.5, 0.6) is 0 Å². The molecule has 1 heterocycles. The summed E-state index contributed by atoms with van der Waals surface area (Å²) < 4.78 is 14.7. The molecule has 0 aliphatic carbocycles. The van der Waals surface area contributed by atoms with Crippen LogP contribution in [-0.2, 0) is 6.54 Å². The third-order valence-corrected chi connectivity index (χ3v) is 2.62. The Morgan fingerprint density at radius 3 is 2.81 bits per heavy atom. The first-order chi connectivity index (χ1) is 10.0. The number of nitrogens with zero attached hydrogens (tertiary/aromatic N) is 3. The molecule has 9 heteroatoms. The first-order valence-electron chi connectivity index (χ1n) is 6.02. The molecule has 8 nitrogen and oxygen atoms in total. The first kappa shape index (κ1) is 14.6. The van der Waals surface area contributed by atoms with Gasteiger partial charge in [0.2, 0.25) is 0 Å². The fourth-order valence-corrected chi connectivity index (χ4v) is 1.63. The Bertz CT molecular complexity index is 684. The molecule has 0 spiro atoms. The number of rotatable bonds is 5. The summed E-state index contributed by atoms with van der Waals surface area (Å²) in [6, 6.07) is 3.50. The van der Waals surface area contributed by atoms with Crippen LogP contribution < -0.4 is 16.8 Å². The van der Waals surface area contributed by atoms with Crippen molar-refractivity contribution in [2.75, 3.05) is 11.9 Å². The second kappa shape index (κ2) is 6.09. The predicted molar refractivity (Wildman–Crippen MR) is 71.9 cm³/mol. The smallest absolute Gasteiger partial charge is 0.277 e. The van der Waals surface area contributed by atoms with Crippen LogP contribution in [0.4, 0.5) is 10.1 Å². The van der Waals surface area contributed by atoms with E-state index in [1.54, 1.807) is 0 Å². The van der Waals surface area contributed by atoms with Crippen molar-refractivity contribution in [3.63, 3.8) is 0 Å². The van der Waals surface area contributed by atoms with Crippen LogP contribution in [0.3, 0.4) is 0 Å². The number of hydrogen-bond acceptors (Lipinski definition) is 5. The number of primary amides is 1. The Morgan fingerprint density at radius 2 is 2.14 bits per heavy atom. The van der Waals surface area contributed by atoms with Gasteiger partial charge < -0.3 is 16.8 Å². The number of nitrogens with two attached hydrogens (primary N) is 2. The largest absolute Gasteiger partial charge is 0.366 e. The molecule has 5 N–H and O–H groups in total. The minimum absolute atomic E-state index is 0.0772. The minimum Gasteiger partial charge on any atom is -0.366 e. The van der Waals surface area contributed by atoms with Gasteiger partial charge in [0.25, 0.3) is 11.8 Å². The normalized spacial score (nSPS) is 10.4. The molecule has 0 unspecified atom stereocenters. The standard InChI is InChI=1S/C12H13FN6O2/c13-9-2-1-7(5-8(9)11(15)20)16-12(21)10-6-19(4-3-14)18-17-10/h1-2,5-6H,3-4,14H2,(H2,15,20)(H,16,21). The fraction of sp³-hybridized carbons (Fsp3) is 0.167. The molecule has 0 saturated carbocycles. The quantitative estimate of drug-likeness (QED) is 0.698. The van der Waals surface area contributed by atoms with Crippen LogP contribution in [0.15, 0.2) is 24.4 Å². The van der Waals surface area contributed by atoms with Crippen LogP contribution in [0.25, 0.3) is 0 Å². The number of anilines is 1. The molecule has 0 bridgehead atoms. The molecule has 2 rings (SSSR count). The number of halogens is 1. The topological polar surface area (TPSA) is 129 Å². The Labute approximate surface area is 118 Å². The van der Waals surface area contributed by atoms with Crippen LogP contribution in [0, 0.1) is 5.82 Å². The van der Waals surface area contributed by atoms with Crippen LogP contribution in [-0.4, -0.2) is 33.4 Å². The van der Waals surface area contributed by atoms with E-state index in [1.165, 1.54) is 16.9 Å². The summed E-state index contributed by atoms with van der Waals surface area (Å²) in [6.45, 7) is 0.799. The molecule has 0 fully saturated rings. The van der Waals surface area contributed by atoms with Crippen molar-refractivity contribution in [3.05, 3.63) is 41.5 Å². The summed E-state index contributed by atoms with van der Waals surface area (Å²) in [4.78, 5) is 23.0. The van der Waals surface area contributed by atoms with Crippen molar-refractivity contribution in [2.45, 2.75) is 6.54 Å². The molecule has 2 aromatic rings. The zero-order chi connectivity index (χ0) is 15.4. The molecule has 1 aromatic heterocycles. The minimum atomic E-state index is -0.919. The zero-order valence-corrected chi connectivity index (χ0v) is 10.9. The SMILES string of the molecule is NCCn1cc(C(=O)Nc2ccc(F)c(C(N)=O)c2)nn1. The number of carbonyl (C=O) groups is 2. The summed E-state index contributed by atoms with van der Waals surface area (Å²) >= 11 is 0. The fourth-order valence-electron chi connectivity index (χ4n) is 1.63. The second-order valence-corrected chi connectivity index (χ2v) is 4.17. The molecular weight excluding hydrogens is 279 g/mol. The number of nitrogens with one attached hydrogen (secondary N) is 1. The van der Waals surface area contributed by atoms with Crippen molar-refractivity contribution in [3.8, 4) is 0 Å². The Hall–Kier alpha value is -2.81. The van der Waals surface area contributed by atoms with Gasteiger partial charge in [-0.2, -0.15) is 0 Å². The molecule has 2 amide bonds.